The van der Waals surface area contributed by atoms with Crippen LogP contribution in [0.4, 0.5) is 5.69 Å². The number of nitrogens with one attached hydrogen (secondary N) is 1. The first kappa shape index (κ1) is 23.5. The zero-order valence-corrected chi connectivity index (χ0v) is 20.4. The van der Waals surface area contributed by atoms with Crippen LogP contribution in [-0.2, 0) is 9.59 Å². The van der Waals surface area contributed by atoms with Crippen molar-refractivity contribution in [2.24, 2.45) is 0 Å². The predicted molar refractivity (Wildman–Crippen MR) is 139 cm³/mol. The summed E-state index contributed by atoms with van der Waals surface area (Å²) in [5.41, 5.74) is 1.10. The van der Waals surface area contributed by atoms with E-state index in [0.29, 0.717) is 27.4 Å². The summed E-state index contributed by atoms with van der Waals surface area (Å²) in [6.07, 6.45) is 4.34. The third kappa shape index (κ3) is 4.83. The Balaban J connectivity index is 1.63. The van der Waals surface area contributed by atoms with Gasteiger partial charge in [0.05, 0.1) is 5.69 Å². The van der Waals surface area contributed by atoms with E-state index in [4.69, 9.17) is 29.2 Å². The van der Waals surface area contributed by atoms with Crippen molar-refractivity contribution in [1.29, 1.82) is 0 Å². The molecule has 1 N–H and O–H groups in total. The molecule has 2 amide bonds. The molecule has 1 aliphatic heterocycles. The molecule has 172 valence electrons. The second-order valence-corrected chi connectivity index (χ2v) is 8.57. The average molecular weight is 490 g/mol. The lowest BCUT2D eigenvalue weighted by atomic mass is 10.1. The number of nitrogens with zero attached hydrogens (tertiary/aromatic N) is 2. The molecule has 1 atom stereocenters. The minimum atomic E-state index is -0.552. The Hall–Kier alpha value is -3.62. The predicted octanol–water partition coefficient (Wildman–Crippen LogP) is 5.81. The zero-order chi connectivity index (χ0) is 24.2. The Kier molecular flexibility index (Phi) is 7.00. The molecule has 0 bridgehead atoms. The highest BCUT2D eigenvalue weighted by atomic mass is 32.1. The summed E-state index contributed by atoms with van der Waals surface area (Å²) >= 11 is 10.9. The molecule has 1 fully saturated rings. The number of aromatic nitrogens is 1. The van der Waals surface area contributed by atoms with E-state index in [2.05, 4.69) is 19.2 Å². The molecular weight excluding hydrogens is 466 g/mol. The lowest BCUT2D eigenvalue weighted by Gasteiger charge is -2.29. The minimum Gasteiger partial charge on any atom is -0.457 e. The molecule has 0 spiro atoms. The summed E-state index contributed by atoms with van der Waals surface area (Å²) in [7, 11) is 0. The van der Waals surface area contributed by atoms with Gasteiger partial charge >= 0.3 is 0 Å². The van der Waals surface area contributed by atoms with Gasteiger partial charge < -0.3 is 9.30 Å². The molecule has 1 unspecified atom stereocenters. The van der Waals surface area contributed by atoms with Crippen LogP contribution in [0.15, 0.2) is 78.5 Å². The van der Waals surface area contributed by atoms with E-state index in [1.165, 1.54) is 11.0 Å². The van der Waals surface area contributed by atoms with Gasteiger partial charge in [0.1, 0.15) is 21.7 Å². The number of hydrogen-bond acceptors (Lipinski definition) is 5. The molecule has 0 radical (unpaired) electrons. The number of hydrogen-bond donors (Lipinski definition) is 1. The average Bonchev–Trinajstić information content (AvgIpc) is 2.84. The monoisotopic (exact) mass is 489 g/mol. The summed E-state index contributed by atoms with van der Waals surface area (Å²) in [6, 6.07) is 20.1. The first-order chi connectivity index (χ1) is 16.4. The minimum absolute atomic E-state index is 0.0187. The molecule has 1 aliphatic rings. The summed E-state index contributed by atoms with van der Waals surface area (Å²) in [5.74, 6) is 0.247. The molecule has 3 aromatic rings. The largest absolute Gasteiger partial charge is 0.457 e. The molecule has 0 saturated carbocycles. The van der Waals surface area contributed by atoms with Crippen molar-refractivity contribution in [2.45, 2.75) is 26.3 Å². The normalized spacial score (nSPS) is 15.9. The van der Waals surface area contributed by atoms with E-state index in [0.717, 1.165) is 6.42 Å². The van der Waals surface area contributed by atoms with Crippen molar-refractivity contribution in [3.05, 3.63) is 88.7 Å². The molecule has 0 aliphatic carbocycles. The van der Waals surface area contributed by atoms with Crippen LogP contribution in [0.25, 0.3) is 6.08 Å². The second kappa shape index (κ2) is 10.1. The molecule has 34 heavy (non-hydrogen) atoms. The van der Waals surface area contributed by atoms with Gasteiger partial charge in [0.15, 0.2) is 5.11 Å². The van der Waals surface area contributed by atoms with Gasteiger partial charge in [-0.15, -0.1) is 0 Å². The maximum absolute atomic E-state index is 13.4. The van der Waals surface area contributed by atoms with Crippen molar-refractivity contribution in [3.63, 3.8) is 0 Å². The van der Waals surface area contributed by atoms with Gasteiger partial charge in [-0.3, -0.25) is 19.8 Å². The summed E-state index contributed by atoms with van der Waals surface area (Å²) < 4.78 is 8.33. The van der Waals surface area contributed by atoms with Gasteiger partial charge in [-0.25, -0.2) is 0 Å². The van der Waals surface area contributed by atoms with Crippen molar-refractivity contribution < 1.29 is 14.3 Å². The summed E-state index contributed by atoms with van der Waals surface area (Å²) in [6.45, 7) is 4.14. The van der Waals surface area contributed by atoms with Gasteiger partial charge in [0.25, 0.3) is 11.8 Å². The highest BCUT2D eigenvalue weighted by Gasteiger charge is 2.34. The molecule has 8 heteroatoms. The Morgan fingerprint density at radius 3 is 2.32 bits per heavy atom. The maximum atomic E-state index is 13.4. The molecule has 1 aromatic heterocycles. The van der Waals surface area contributed by atoms with Crippen LogP contribution in [0.5, 0.6) is 11.5 Å². The lowest BCUT2D eigenvalue weighted by molar-refractivity contribution is -0.122. The van der Waals surface area contributed by atoms with Crippen molar-refractivity contribution in [1.82, 2.24) is 9.88 Å². The van der Waals surface area contributed by atoms with E-state index in [-0.39, 0.29) is 16.7 Å². The Bertz CT molecular complexity index is 1330. The fourth-order valence-electron chi connectivity index (χ4n) is 3.52. The molecule has 4 rings (SSSR count). The number of rotatable bonds is 6. The van der Waals surface area contributed by atoms with E-state index in [1.807, 2.05) is 47.2 Å². The summed E-state index contributed by atoms with van der Waals surface area (Å²) in [4.78, 5) is 27.3. The Morgan fingerprint density at radius 1 is 0.971 bits per heavy atom. The van der Waals surface area contributed by atoms with Crippen LogP contribution in [0, 0.1) is 4.64 Å². The highest BCUT2D eigenvalue weighted by Crippen LogP contribution is 2.27. The van der Waals surface area contributed by atoms with Gasteiger partial charge in [0.2, 0.25) is 0 Å². The molecule has 6 nitrogen and oxygen atoms in total. The molecule has 1 saturated heterocycles. The fourth-order valence-corrected chi connectivity index (χ4v) is 4.17. The van der Waals surface area contributed by atoms with Crippen LogP contribution in [0.2, 0.25) is 0 Å². The van der Waals surface area contributed by atoms with Crippen LogP contribution < -0.4 is 15.0 Å². The first-order valence-electron chi connectivity index (χ1n) is 10.8. The highest BCUT2D eigenvalue weighted by molar-refractivity contribution is 7.80. The number of benzene rings is 2. The fraction of sp³-hybridized carbons (Fsp3) is 0.154. The maximum Gasteiger partial charge on any atom is 0.270 e. The number of thiocarbonyl (C=S) groups is 1. The third-order valence-electron chi connectivity index (χ3n) is 5.54. The zero-order valence-electron chi connectivity index (χ0n) is 18.7. The smallest absolute Gasteiger partial charge is 0.270 e. The number of anilines is 1. The van der Waals surface area contributed by atoms with Crippen molar-refractivity contribution >= 4 is 53.1 Å². The summed E-state index contributed by atoms with van der Waals surface area (Å²) in [5, 5.41) is 2.63. The number of amides is 2. The van der Waals surface area contributed by atoms with Crippen LogP contribution >= 0.6 is 24.4 Å². The van der Waals surface area contributed by atoms with Gasteiger partial charge in [0, 0.05) is 17.8 Å². The third-order valence-corrected chi connectivity index (χ3v) is 6.28. The van der Waals surface area contributed by atoms with Crippen LogP contribution in [0.1, 0.15) is 31.9 Å². The quantitative estimate of drug-likeness (QED) is 0.269. The number of ether oxygens (including phenoxy) is 1. The van der Waals surface area contributed by atoms with Gasteiger partial charge in [-0.2, -0.15) is 0 Å². The lowest BCUT2D eigenvalue weighted by Crippen LogP contribution is -2.54. The van der Waals surface area contributed by atoms with Crippen LogP contribution in [0.3, 0.4) is 0 Å². The standard InChI is InChI=1S/C26H23N3O3S2/c1-3-17(2)28-15-7-8-18(25(28)33)16-22-23(30)27-26(34)29(24(22)31)19-11-13-21(14-12-19)32-20-9-5-4-6-10-20/h4-17H,3H2,1-2H3,(H,27,30,34)/b22-16+. The first-order valence-corrected chi connectivity index (χ1v) is 11.7. The van der Waals surface area contributed by atoms with Gasteiger partial charge in [-0.1, -0.05) is 43.4 Å². The Labute approximate surface area is 208 Å². The molecular formula is C26H23N3O3S2. The molecule has 2 heterocycles. The SMILES string of the molecule is CCC(C)n1cccc(/C=C2\C(=O)NC(=S)N(c3ccc(Oc4ccccc4)cc3)C2=O)c1=S. The second-order valence-electron chi connectivity index (χ2n) is 7.80. The van der Waals surface area contributed by atoms with Crippen molar-refractivity contribution in [2.75, 3.05) is 4.90 Å². The molecule has 2 aromatic carbocycles. The number of para-hydroxylation sites is 1. The van der Waals surface area contributed by atoms with E-state index >= 15 is 0 Å². The van der Waals surface area contributed by atoms with Gasteiger partial charge in [-0.05, 0) is 74.1 Å². The van der Waals surface area contributed by atoms with Crippen molar-refractivity contribution in [3.8, 4) is 11.5 Å². The van der Waals surface area contributed by atoms with E-state index in [1.54, 1.807) is 30.3 Å². The number of pyridine rings is 1. The topological polar surface area (TPSA) is 63.6 Å². The Morgan fingerprint density at radius 2 is 1.65 bits per heavy atom. The van der Waals surface area contributed by atoms with E-state index < -0.39 is 11.8 Å². The van der Waals surface area contributed by atoms with E-state index in [9.17, 15) is 9.59 Å². The van der Waals surface area contributed by atoms with Crippen LogP contribution in [-0.4, -0.2) is 21.5 Å². The number of carbonyl (C=O) groups excluding carboxylic acids is 2. The number of carbonyl (C=O) groups is 2.